The number of carbonyl (C=O) groups excluding carboxylic acids is 1. The number of hydrogen-bond donors (Lipinski definition) is 1. The molecule has 2 aliphatic heterocycles. The Hall–Kier alpha value is -1.46. The van der Waals surface area contributed by atoms with Crippen molar-refractivity contribution in [2.45, 2.75) is 45.1 Å². The molecule has 5 heteroatoms. The van der Waals surface area contributed by atoms with Crippen LogP contribution in [-0.2, 0) is 11.2 Å². The highest BCUT2D eigenvalue weighted by Gasteiger charge is 2.47. The van der Waals surface area contributed by atoms with E-state index < -0.39 is 0 Å². The van der Waals surface area contributed by atoms with E-state index in [1.54, 1.807) is 6.20 Å². The molecule has 25 heavy (non-hydrogen) atoms. The monoisotopic (exact) mass is 344 g/mol. The van der Waals surface area contributed by atoms with Gasteiger partial charge in [-0.25, -0.2) is 0 Å². The third kappa shape index (κ3) is 4.59. The number of nitrogens with one attached hydrogen (secondary N) is 1. The van der Waals surface area contributed by atoms with E-state index >= 15 is 0 Å². The maximum atomic E-state index is 12.8. The standard InChI is InChI=1S/C20H32N4O/c1-3-11-24-16-20(7-12-23(2)13-8-20)14-18(24)19(25)22-10-6-17-5-4-9-21-15-17/h4-5,9,15,18H,3,6-8,10-14,16H2,1-2H3,(H,22,25). The van der Waals surface area contributed by atoms with Gasteiger partial charge in [-0.3, -0.25) is 14.7 Å². The van der Waals surface area contributed by atoms with Gasteiger partial charge in [0.05, 0.1) is 6.04 Å². The predicted octanol–water partition coefficient (Wildman–Crippen LogP) is 1.94. The van der Waals surface area contributed by atoms with E-state index in [0.29, 0.717) is 12.0 Å². The van der Waals surface area contributed by atoms with E-state index in [0.717, 1.165) is 45.4 Å². The zero-order chi connectivity index (χ0) is 17.7. The van der Waals surface area contributed by atoms with Crippen LogP contribution in [0.3, 0.4) is 0 Å². The van der Waals surface area contributed by atoms with Crippen molar-refractivity contribution >= 4 is 5.91 Å². The molecule has 3 rings (SSSR count). The summed E-state index contributed by atoms with van der Waals surface area (Å²) in [6.07, 6.45) is 9.08. The van der Waals surface area contributed by atoms with Crippen molar-refractivity contribution < 1.29 is 4.79 Å². The van der Waals surface area contributed by atoms with E-state index in [-0.39, 0.29) is 11.9 Å². The van der Waals surface area contributed by atoms with Crippen LogP contribution >= 0.6 is 0 Å². The van der Waals surface area contributed by atoms with E-state index in [2.05, 4.69) is 40.1 Å². The summed E-state index contributed by atoms with van der Waals surface area (Å²) in [5, 5.41) is 3.17. The van der Waals surface area contributed by atoms with Crippen LogP contribution < -0.4 is 5.32 Å². The Labute approximate surface area is 151 Å². The first-order valence-electron chi connectivity index (χ1n) is 9.71. The molecule has 3 heterocycles. The van der Waals surface area contributed by atoms with Gasteiger partial charge in [-0.15, -0.1) is 0 Å². The number of likely N-dealkylation sites (tertiary alicyclic amines) is 2. The van der Waals surface area contributed by atoms with Gasteiger partial charge >= 0.3 is 0 Å². The van der Waals surface area contributed by atoms with Crippen molar-refractivity contribution in [1.82, 2.24) is 20.1 Å². The lowest BCUT2D eigenvalue weighted by Crippen LogP contribution is -2.44. The summed E-state index contributed by atoms with van der Waals surface area (Å²) in [4.78, 5) is 21.8. The van der Waals surface area contributed by atoms with Crippen molar-refractivity contribution in [2.24, 2.45) is 5.41 Å². The molecule has 1 N–H and O–H groups in total. The molecule has 0 aliphatic carbocycles. The molecule has 0 radical (unpaired) electrons. The lowest BCUT2D eigenvalue weighted by Gasteiger charge is -2.37. The van der Waals surface area contributed by atoms with Gasteiger partial charge in [-0.1, -0.05) is 13.0 Å². The summed E-state index contributed by atoms with van der Waals surface area (Å²) in [6.45, 7) is 7.34. The average molecular weight is 345 g/mol. The van der Waals surface area contributed by atoms with E-state index in [4.69, 9.17) is 0 Å². The lowest BCUT2D eigenvalue weighted by molar-refractivity contribution is -0.125. The molecule has 0 aromatic carbocycles. The summed E-state index contributed by atoms with van der Waals surface area (Å²) in [6, 6.07) is 4.06. The van der Waals surface area contributed by atoms with Crippen molar-refractivity contribution in [2.75, 3.05) is 39.8 Å². The Kier molecular flexibility index (Phi) is 6.07. The van der Waals surface area contributed by atoms with Gasteiger partial charge in [0.15, 0.2) is 0 Å². The normalized spacial score (nSPS) is 23.8. The second-order valence-corrected chi connectivity index (χ2v) is 7.90. The molecule has 2 fully saturated rings. The Morgan fingerprint density at radius 1 is 1.40 bits per heavy atom. The van der Waals surface area contributed by atoms with Gasteiger partial charge in [0.2, 0.25) is 5.91 Å². The summed E-state index contributed by atoms with van der Waals surface area (Å²) < 4.78 is 0. The van der Waals surface area contributed by atoms with Crippen LogP contribution in [0, 0.1) is 5.41 Å². The lowest BCUT2D eigenvalue weighted by atomic mass is 9.76. The molecule has 1 unspecified atom stereocenters. The number of carbonyl (C=O) groups is 1. The number of nitrogens with zero attached hydrogens (tertiary/aromatic N) is 3. The molecule has 1 aromatic heterocycles. The van der Waals surface area contributed by atoms with Gasteiger partial charge < -0.3 is 10.2 Å². The van der Waals surface area contributed by atoms with Crippen molar-refractivity contribution in [3.05, 3.63) is 30.1 Å². The second-order valence-electron chi connectivity index (χ2n) is 7.90. The molecule has 5 nitrogen and oxygen atoms in total. The molecule has 0 bridgehead atoms. The van der Waals surface area contributed by atoms with Gasteiger partial charge in [0.1, 0.15) is 0 Å². The quantitative estimate of drug-likeness (QED) is 0.857. The maximum absolute atomic E-state index is 12.8. The molecule has 1 atom stereocenters. The molecule has 0 saturated carbocycles. The van der Waals surface area contributed by atoms with Crippen LogP contribution in [0.4, 0.5) is 0 Å². The number of piperidine rings is 1. The largest absolute Gasteiger partial charge is 0.354 e. The topological polar surface area (TPSA) is 48.5 Å². The number of rotatable bonds is 6. The molecular formula is C20H32N4O. The minimum absolute atomic E-state index is 0.0530. The molecule has 1 aromatic rings. The Morgan fingerprint density at radius 2 is 2.20 bits per heavy atom. The molecule has 2 aliphatic rings. The number of hydrogen-bond acceptors (Lipinski definition) is 4. The SMILES string of the molecule is CCCN1CC2(CCN(C)CC2)CC1C(=O)NCCc1cccnc1. The average Bonchev–Trinajstić information content (AvgIpc) is 2.97. The van der Waals surface area contributed by atoms with Crippen molar-refractivity contribution in [3.8, 4) is 0 Å². The highest BCUT2D eigenvalue weighted by molar-refractivity contribution is 5.82. The van der Waals surface area contributed by atoms with Crippen LogP contribution in [-0.4, -0.2) is 66.5 Å². The Balaban J connectivity index is 1.55. The van der Waals surface area contributed by atoms with E-state index in [1.807, 2.05) is 12.3 Å². The minimum atomic E-state index is 0.0530. The first kappa shape index (κ1) is 18.3. The fourth-order valence-corrected chi connectivity index (χ4v) is 4.37. The fourth-order valence-electron chi connectivity index (χ4n) is 4.37. The molecule has 1 spiro atoms. The Morgan fingerprint density at radius 3 is 2.88 bits per heavy atom. The summed E-state index contributed by atoms with van der Waals surface area (Å²) >= 11 is 0. The van der Waals surface area contributed by atoms with Crippen LogP contribution in [0.25, 0.3) is 0 Å². The van der Waals surface area contributed by atoms with Gasteiger partial charge in [-0.2, -0.15) is 0 Å². The predicted molar refractivity (Wildman–Crippen MR) is 100 cm³/mol. The smallest absolute Gasteiger partial charge is 0.237 e. The number of pyridine rings is 1. The molecular weight excluding hydrogens is 312 g/mol. The molecule has 2 saturated heterocycles. The highest BCUT2D eigenvalue weighted by atomic mass is 16.2. The van der Waals surface area contributed by atoms with E-state index in [1.165, 1.54) is 18.4 Å². The van der Waals surface area contributed by atoms with E-state index in [9.17, 15) is 4.79 Å². The van der Waals surface area contributed by atoms with Crippen LogP contribution in [0.1, 0.15) is 38.2 Å². The third-order valence-corrected chi connectivity index (χ3v) is 5.90. The van der Waals surface area contributed by atoms with Crippen LogP contribution in [0.15, 0.2) is 24.5 Å². The third-order valence-electron chi connectivity index (χ3n) is 5.90. The minimum Gasteiger partial charge on any atom is -0.354 e. The zero-order valence-electron chi connectivity index (χ0n) is 15.7. The van der Waals surface area contributed by atoms with Crippen molar-refractivity contribution in [3.63, 3.8) is 0 Å². The molecule has 1 amide bonds. The number of amides is 1. The van der Waals surface area contributed by atoms with Gasteiger partial charge in [0.25, 0.3) is 0 Å². The van der Waals surface area contributed by atoms with Gasteiger partial charge in [-0.05, 0) is 75.8 Å². The summed E-state index contributed by atoms with van der Waals surface area (Å²) in [5.74, 6) is 0.216. The summed E-state index contributed by atoms with van der Waals surface area (Å²) in [5.41, 5.74) is 1.53. The second kappa shape index (κ2) is 8.28. The number of aromatic nitrogens is 1. The van der Waals surface area contributed by atoms with Crippen LogP contribution in [0.2, 0.25) is 0 Å². The maximum Gasteiger partial charge on any atom is 0.237 e. The zero-order valence-corrected chi connectivity index (χ0v) is 15.7. The van der Waals surface area contributed by atoms with Crippen molar-refractivity contribution in [1.29, 1.82) is 0 Å². The Bertz CT molecular complexity index is 554. The first-order valence-corrected chi connectivity index (χ1v) is 9.71. The fraction of sp³-hybridized carbons (Fsp3) is 0.700. The van der Waals surface area contributed by atoms with Gasteiger partial charge in [0, 0.05) is 25.5 Å². The molecule has 138 valence electrons. The first-order chi connectivity index (χ1) is 12.1. The van der Waals surface area contributed by atoms with Crippen LogP contribution in [0.5, 0.6) is 0 Å². The highest BCUT2D eigenvalue weighted by Crippen LogP contribution is 2.43. The summed E-state index contributed by atoms with van der Waals surface area (Å²) in [7, 11) is 2.20.